The first-order valence-corrected chi connectivity index (χ1v) is 8.61. The Kier molecular flexibility index (Phi) is 5.02. The average Bonchev–Trinajstić information content (AvgIpc) is 2.73. The SMILES string of the molecule is [c]1cc(Oc2ccccc2)c(Oc2ccccc2)c(Oc2ccccc2)c1. The summed E-state index contributed by atoms with van der Waals surface area (Å²) in [6, 6.07) is 35.2. The van der Waals surface area contributed by atoms with Crippen molar-refractivity contribution < 1.29 is 14.2 Å². The van der Waals surface area contributed by atoms with Crippen molar-refractivity contribution in [1.29, 1.82) is 0 Å². The van der Waals surface area contributed by atoms with E-state index in [0.29, 0.717) is 34.5 Å². The number of ether oxygens (including phenoxy) is 3. The standard InChI is InChI=1S/C24H17O3/c1-4-11-19(12-5-1)25-22-17-10-18-23(26-20-13-6-2-7-14-20)24(22)27-21-15-8-3-9-16-21/h1-9,11-18H. The van der Waals surface area contributed by atoms with Gasteiger partial charge in [-0.05, 0) is 54.6 Å². The molecule has 0 unspecified atom stereocenters. The summed E-state index contributed by atoms with van der Waals surface area (Å²) >= 11 is 0. The van der Waals surface area contributed by atoms with E-state index in [2.05, 4.69) is 6.07 Å². The summed E-state index contributed by atoms with van der Waals surface area (Å²) in [4.78, 5) is 0. The van der Waals surface area contributed by atoms with Crippen LogP contribution >= 0.6 is 0 Å². The summed E-state index contributed by atoms with van der Waals surface area (Å²) in [6.45, 7) is 0. The first-order chi connectivity index (χ1) is 13.4. The Morgan fingerprint density at radius 3 is 1.22 bits per heavy atom. The fourth-order valence-corrected chi connectivity index (χ4v) is 2.54. The van der Waals surface area contributed by atoms with Crippen molar-refractivity contribution in [1.82, 2.24) is 0 Å². The predicted molar refractivity (Wildman–Crippen MR) is 105 cm³/mol. The summed E-state index contributed by atoms with van der Waals surface area (Å²) in [7, 11) is 0. The van der Waals surface area contributed by atoms with Crippen LogP contribution in [0, 0.1) is 6.07 Å². The molecule has 0 aromatic heterocycles. The lowest BCUT2D eigenvalue weighted by Crippen LogP contribution is -1.94. The zero-order valence-electron chi connectivity index (χ0n) is 14.5. The first-order valence-electron chi connectivity index (χ1n) is 8.61. The van der Waals surface area contributed by atoms with Crippen molar-refractivity contribution in [3.8, 4) is 34.5 Å². The Hall–Kier alpha value is -3.72. The summed E-state index contributed by atoms with van der Waals surface area (Å²) in [6.07, 6.45) is 0. The minimum Gasteiger partial charge on any atom is -0.453 e. The van der Waals surface area contributed by atoms with E-state index in [1.807, 2.05) is 91.0 Å². The van der Waals surface area contributed by atoms with E-state index in [-0.39, 0.29) is 0 Å². The van der Waals surface area contributed by atoms with Crippen LogP contribution in [0.2, 0.25) is 0 Å². The molecule has 0 spiro atoms. The number of para-hydroxylation sites is 3. The molecule has 0 saturated heterocycles. The van der Waals surface area contributed by atoms with E-state index in [4.69, 9.17) is 14.2 Å². The van der Waals surface area contributed by atoms with Crippen molar-refractivity contribution >= 4 is 0 Å². The second-order valence-corrected chi connectivity index (χ2v) is 5.76. The molecule has 4 rings (SSSR count). The van der Waals surface area contributed by atoms with Crippen LogP contribution in [0.1, 0.15) is 0 Å². The summed E-state index contributed by atoms with van der Waals surface area (Å²) < 4.78 is 18.2. The molecule has 0 aliphatic heterocycles. The van der Waals surface area contributed by atoms with Crippen molar-refractivity contribution in [2.45, 2.75) is 0 Å². The monoisotopic (exact) mass is 353 g/mol. The maximum Gasteiger partial charge on any atom is 0.212 e. The highest BCUT2D eigenvalue weighted by atomic mass is 16.5. The molecule has 131 valence electrons. The fraction of sp³-hybridized carbons (Fsp3) is 0. The highest BCUT2D eigenvalue weighted by Crippen LogP contribution is 2.43. The molecule has 0 aliphatic carbocycles. The van der Waals surface area contributed by atoms with Gasteiger partial charge in [-0.15, -0.1) is 0 Å². The van der Waals surface area contributed by atoms with Crippen LogP contribution in [0.3, 0.4) is 0 Å². The molecule has 27 heavy (non-hydrogen) atoms. The molecule has 1 radical (unpaired) electrons. The Labute approximate surface area is 158 Å². The van der Waals surface area contributed by atoms with Gasteiger partial charge in [-0.3, -0.25) is 0 Å². The Balaban J connectivity index is 1.72. The van der Waals surface area contributed by atoms with Crippen LogP contribution in [0.25, 0.3) is 0 Å². The smallest absolute Gasteiger partial charge is 0.212 e. The van der Waals surface area contributed by atoms with Gasteiger partial charge in [-0.25, -0.2) is 0 Å². The molecule has 0 atom stereocenters. The van der Waals surface area contributed by atoms with Crippen LogP contribution < -0.4 is 14.2 Å². The predicted octanol–water partition coefficient (Wildman–Crippen LogP) is 6.86. The Bertz CT molecular complexity index is 924. The van der Waals surface area contributed by atoms with E-state index < -0.39 is 0 Å². The minimum absolute atomic E-state index is 0.493. The highest BCUT2D eigenvalue weighted by Gasteiger charge is 2.15. The van der Waals surface area contributed by atoms with E-state index in [0.717, 1.165) is 0 Å². The number of hydrogen-bond donors (Lipinski definition) is 0. The van der Waals surface area contributed by atoms with Gasteiger partial charge in [0.25, 0.3) is 0 Å². The summed E-state index contributed by atoms with van der Waals surface area (Å²) in [5.41, 5.74) is 0. The van der Waals surface area contributed by atoms with Crippen LogP contribution in [0.5, 0.6) is 34.5 Å². The molecule has 0 saturated carbocycles. The van der Waals surface area contributed by atoms with Crippen molar-refractivity contribution in [2.75, 3.05) is 0 Å². The van der Waals surface area contributed by atoms with Gasteiger partial charge in [0.15, 0.2) is 11.5 Å². The lowest BCUT2D eigenvalue weighted by Gasteiger charge is -2.16. The Morgan fingerprint density at radius 1 is 0.444 bits per heavy atom. The van der Waals surface area contributed by atoms with Gasteiger partial charge in [0.05, 0.1) is 0 Å². The van der Waals surface area contributed by atoms with Crippen LogP contribution in [0.15, 0.2) is 103 Å². The molecule has 0 aliphatic rings. The maximum absolute atomic E-state index is 6.12. The quantitative estimate of drug-likeness (QED) is 0.379. The van der Waals surface area contributed by atoms with E-state index >= 15 is 0 Å². The van der Waals surface area contributed by atoms with E-state index in [1.165, 1.54) is 0 Å². The third-order valence-corrected chi connectivity index (χ3v) is 3.78. The third kappa shape index (κ3) is 4.28. The molecule has 0 amide bonds. The van der Waals surface area contributed by atoms with Gasteiger partial charge in [0, 0.05) is 0 Å². The largest absolute Gasteiger partial charge is 0.453 e. The summed E-state index contributed by atoms with van der Waals surface area (Å²) in [5, 5.41) is 0. The van der Waals surface area contributed by atoms with Gasteiger partial charge >= 0.3 is 0 Å². The van der Waals surface area contributed by atoms with Crippen molar-refractivity contribution in [3.63, 3.8) is 0 Å². The normalized spacial score (nSPS) is 10.2. The molecule has 4 aromatic rings. The van der Waals surface area contributed by atoms with Crippen LogP contribution in [0.4, 0.5) is 0 Å². The fourth-order valence-electron chi connectivity index (χ4n) is 2.54. The first kappa shape index (κ1) is 16.7. The van der Waals surface area contributed by atoms with Gasteiger partial charge in [0.1, 0.15) is 17.2 Å². The molecule has 0 heterocycles. The number of hydrogen-bond acceptors (Lipinski definition) is 3. The molecule has 0 fully saturated rings. The minimum atomic E-state index is 0.493. The lowest BCUT2D eigenvalue weighted by atomic mass is 10.2. The highest BCUT2D eigenvalue weighted by molar-refractivity contribution is 5.55. The maximum atomic E-state index is 6.12. The van der Waals surface area contributed by atoms with Gasteiger partial charge in [-0.2, -0.15) is 0 Å². The van der Waals surface area contributed by atoms with Gasteiger partial charge in [-0.1, -0.05) is 54.6 Å². The van der Waals surface area contributed by atoms with Crippen molar-refractivity contribution in [2.24, 2.45) is 0 Å². The van der Waals surface area contributed by atoms with Crippen LogP contribution in [-0.2, 0) is 0 Å². The second-order valence-electron chi connectivity index (χ2n) is 5.76. The lowest BCUT2D eigenvalue weighted by molar-refractivity contribution is 0.386. The molecule has 4 aromatic carbocycles. The molecular weight excluding hydrogens is 336 g/mol. The van der Waals surface area contributed by atoms with Gasteiger partial charge < -0.3 is 14.2 Å². The zero-order valence-corrected chi connectivity index (χ0v) is 14.5. The van der Waals surface area contributed by atoms with Crippen molar-refractivity contribution in [3.05, 3.63) is 109 Å². The third-order valence-electron chi connectivity index (χ3n) is 3.78. The molecule has 3 nitrogen and oxygen atoms in total. The zero-order chi connectivity index (χ0) is 18.3. The Morgan fingerprint density at radius 2 is 0.815 bits per heavy atom. The topological polar surface area (TPSA) is 27.7 Å². The molecule has 0 bridgehead atoms. The van der Waals surface area contributed by atoms with E-state index in [1.54, 1.807) is 12.1 Å². The van der Waals surface area contributed by atoms with Crippen LogP contribution in [-0.4, -0.2) is 0 Å². The molecular formula is C24H17O3. The summed E-state index contributed by atoms with van der Waals surface area (Å²) in [5.74, 6) is 3.66. The van der Waals surface area contributed by atoms with E-state index in [9.17, 15) is 0 Å². The molecule has 3 heteroatoms. The average molecular weight is 353 g/mol. The number of rotatable bonds is 6. The second kappa shape index (κ2) is 8.11. The molecule has 0 N–H and O–H groups in total. The number of benzene rings is 4. The van der Waals surface area contributed by atoms with Gasteiger partial charge in [0.2, 0.25) is 5.75 Å².